The van der Waals surface area contributed by atoms with Crippen molar-refractivity contribution in [3.63, 3.8) is 0 Å². The van der Waals surface area contributed by atoms with E-state index < -0.39 is 0 Å². The van der Waals surface area contributed by atoms with E-state index in [4.69, 9.17) is 9.47 Å². The number of ether oxygens (including phenoxy) is 2. The molecular weight excluding hydrogens is 494 g/mol. The standard InChI is InChI=1S/C35H55N3O2/c1-32(2,3)25-13-16-31(36-22-25)40-30-19-27(20-30)38-35(9,10)23-34(7,8)21-24-11-14-28(15-12-24)39-29-17-26(18-29)37-33(4,5)6/h11-16,22,26-27,29-30,37-38H,17-21,23H2,1-10H3/t26-,27-,29+,30-. The molecule has 0 saturated heterocycles. The third kappa shape index (κ3) is 9.21. The highest BCUT2D eigenvalue weighted by atomic mass is 16.5. The van der Waals surface area contributed by atoms with Crippen LogP contribution in [0.4, 0.5) is 0 Å². The summed E-state index contributed by atoms with van der Waals surface area (Å²) in [6.07, 6.45) is 8.90. The van der Waals surface area contributed by atoms with Crippen LogP contribution in [0.15, 0.2) is 42.6 Å². The topological polar surface area (TPSA) is 55.4 Å². The van der Waals surface area contributed by atoms with Crippen LogP contribution in [0.3, 0.4) is 0 Å². The second-order valence-corrected chi connectivity index (χ2v) is 16.0. The van der Waals surface area contributed by atoms with E-state index in [-0.39, 0.29) is 28.0 Å². The van der Waals surface area contributed by atoms with Crippen LogP contribution in [-0.2, 0) is 11.8 Å². The molecule has 222 valence electrons. The maximum absolute atomic E-state index is 6.22. The second-order valence-electron chi connectivity index (χ2n) is 16.0. The van der Waals surface area contributed by atoms with Crippen LogP contribution in [0.2, 0.25) is 0 Å². The molecule has 40 heavy (non-hydrogen) atoms. The third-order valence-electron chi connectivity index (χ3n) is 8.14. The van der Waals surface area contributed by atoms with E-state index >= 15 is 0 Å². The Balaban J connectivity index is 1.18. The lowest BCUT2D eigenvalue weighted by molar-refractivity contribution is 0.0603. The van der Waals surface area contributed by atoms with Crippen molar-refractivity contribution >= 4 is 0 Å². The summed E-state index contributed by atoms with van der Waals surface area (Å²) in [7, 11) is 0. The van der Waals surface area contributed by atoms with Crippen LogP contribution >= 0.6 is 0 Å². The summed E-state index contributed by atoms with van der Waals surface area (Å²) in [4.78, 5) is 4.54. The smallest absolute Gasteiger partial charge is 0.213 e. The van der Waals surface area contributed by atoms with Crippen LogP contribution in [0.5, 0.6) is 11.6 Å². The Kier molecular flexibility index (Phi) is 8.98. The Morgan fingerprint density at radius 2 is 1.30 bits per heavy atom. The van der Waals surface area contributed by atoms with Crippen molar-refractivity contribution in [1.82, 2.24) is 15.6 Å². The maximum atomic E-state index is 6.22. The first-order valence-corrected chi connectivity index (χ1v) is 15.4. The number of nitrogens with zero attached hydrogens (tertiary/aromatic N) is 1. The molecule has 5 nitrogen and oxygen atoms in total. The minimum absolute atomic E-state index is 0.0522. The monoisotopic (exact) mass is 549 g/mol. The van der Waals surface area contributed by atoms with Gasteiger partial charge in [0, 0.05) is 35.4 Å². The minimum atomic E-state index is 0.0522. The van der Waals surface area contributed by atoms with Crippen molar-refractivity contribution in [1.29, 1.82) is 0 Å². The van der Waals surface area contributed by atoms with Gasteiger partial charge in [-0.05, 0) is 107 Å². The molecule has 2 N–H and O–H groups in total. The molecule has 2 aromatic rings. The van der Waals surface area contributed by atoms with Crippen LogP contribution in [0.25, 0.3) is 0 Å². The molecule has 0 radical (unpaired) electrons. The van der Waals surface area contributed by atoms with Gasteiger partial charge in [0.25, 0.3) is 0 Å². The van der Waals surface area contributed by atoms with Gasteiger partial charge in [0.1, 0.15) is 18.0 Å². The number of nitrogens with one attached hydrogen (secondary N) is 2. The molecule has 0 amide bonds. The molecule has 2 saturated carbocycles. The van der Waals surface area contributed by atoms with Crippen molar-refractivity contribution < 1.29 is 9.47 Å². The lowest BCUT2D eigenvalue weighted by Gasteiger charge is -2.43. The van der Waals surface area contributed by atoms with Crippen LogP contribution in [-0.4, -0.2) is 40.4 Å². The van der Waals surface area contributed by atoms with Crippen LogP contribution in [0.1, 0.15) is 112 Å². The predicted molar refractivity (Wildman–Crippen MR) is 166 cm³/mol. The van der Waals surface area contributed by atoms with Gasteiger partial charge in [-0.3, -0.25) is 0 Å². The summed E-state index contributed by atoms with van der Waals surface area (Å²) in [5, 5.41) is 7.58. The largest absolute Gasteiger partial charge is 0.490 e. The van der Waals surface area contributed by atoms with E-state index in [0.29, 0.717) is 18.2 Å². The fraction of sp³-hybridized carbons (Fsp3) is 0.686. The summed E-state index contributed by atoms with van der Waals surface area (Å²) in [6, 6.07) is 14.0. The van der Waals surface area contributed by atoms with Gasteiger partial charge in [0.15, 0.2) is 0 Å². The average molecular weight is 550 g/mol. The van der Waals surface area contributed by atoms with Crippen molar-refractivity contribution in [2.24, 2.45) is 5.41 Å². The highest BCUT2D eigenvalue weighted by molar-refractivity contribution is 5.28. The van der Waals surface area contributed by atoms with Gasteiger partial charge in [-0.2, -0.15) is 0 Å². The van der Waals surface area contributed by atoms with Gasteiger partial charge in [0.2, 0.25) is 5.88 Å². The van der Waals surface area contributed by atoms with E-state index in [0.717, 1.165) is 50.2 Å². The fourth-order valence-electron chi connectivity index (χ4n) is 6.53. The van der Waals surface area contributed by atoms with Crippen molar-refractivity contribution in [3.8, 4) is 11.6 Å². The Morgan fingerprint density at radius 3 is 1.82 bits per heavy atom. The van der Waals surface area contributed by atoms with Gasteiger partial charge < -0.3 is 20.1 Å². The van der Waals surface area contributed by atoms with Crippen LogP contribution in [0, 0.1) is 5.41 Å². The minimum Gasteiger partial charge on any atom is -0.490 e. The molecule has 0 bridgehead atoms. The molecule has 5 heteroatoms. The Hall–Kier alpha value is -2.11. The zero-order chi connectivity index (χ0) is 29.3. The first-order chi connectivity index (χ1) is 18.4. The molecule has 0 spiro atoms. The van der Waals surface area contributed by atoms with Gasteiger partial charge >= 0.3 is 0 Å². The molecule has 1 aromatic heterocycles. The lowest BCUT2D eigenvalue weighted by Crippen LogP contribution is -2.55. The molecule has 2 aliphatic carbocycles. The lowest BCUT2D eigenvalue weighted by atomic mass is 9.75. The zero-order valence-corrected chi connectivity index (χ0v) is 26.9. The molecule has 1 heterocycles. The molecule has 0 aliphatic heterocycles. The Morgan fingerprint density at radius 1 is 0.725 bits per heavy atom. The van der Waals surface area contributed by atoms with Crippen LogP contribution < -0.4 is 20.1 Å². The summed E-state index contributed by atoms with van der Waals surface area (Å²) in [5.41, 5.74) is 3.11. The number of aromatic nitrogens is 1. The van der Waals surface area contributed by atoms with Gasteiger partial charge in [-0.1, -0.05) is 52.8 Å². The summed E-state index contributed by atoms with van der Waals surface area (Å²) < 4.78 is 12.4. The maximum Gasteiger partial charge on any atom is 0.213 e. The summed E-state index contributed by atoms with van der Waals surface area (Å²) >= 11 is 0. The van der Waals surface area contributed by atoms with Gasteiger partial charge in [-0.15, -0.1) is 0 Å². The van der Waals surface area contributed by atoms with Crippen molar-refractivity contribution in [2.75, 3.05) is 0 Å². The molecule has 4 rings (SSSR count). The molecule has 0 unspecified atom stereocenters. The summed E-state index contributed by atoms with van der Waals surface area (Å²) in [5.74, 6) is 1.73. The van der Waals surface area contributed by atoms with Crippen molar-refractivity contribution in [3.05, 3.63) is 53.7 Å². The molecule has 0 atom stereocenters. The SMILES string of the molecule is CC(C)(Cc1ccc(O[C@H]2C[C@@H](NC(C)(C)C)C2)cc1)CC(C)(C)N[C@H]1C[C@H](Oc2ccc(C(C)(C)C)cn2)C1. The van der Waals surface area contributed by atoms with E-state index in [2.05, 4.69) is 115 Å². The number of hydrogen-bond acceptors (Lipinski definition) is 5. The van der Waals surface area contributed by atoms with E-state index in [1.807, 2.05) is 12.3 Å². The molecule has 2 aliphatic rings. The molecular formula is C35H55N3O2. The van der Waals surface area contributed by atoms with Gasteiger partial charge in [0.05, 0.1) is 0 Å². The summed E-state index contributed by atoms with van der Waals surface area (Å²) in [6.45, 7) is 22.7. The highest BCUT2D eigenvalue weighted by Crippen LogP contribution is 2.35. The highest BCUT2D eigenvalue weighted by Gasteiger charge is 2.37. The Bertz CT molecular complexity index is 1080. The number of benzene rings is 1. The van der Waals surface area contributed by atoms with Crippen molar-refractivity contribution in [2.45, 2.75) is 149 Å². The predicted octanol–water partition coefficient (Wildman–Crippen LogP) is 7.61. The second kappa shape index (κ2) is 11.6. The fourth-order valence-corrected chi connectivity index (χ4v) is 6.53. The number of hydrogen-bond donors (Lipinski definition) is 2. The first-order valence-electron chi connectivity index (χ1n) is 15.4. The van der Waals surface area contributed by atoms with Gasteiger partial charge in [-0.25, -0.2) is 4.98 Å². The van der Waals surface area contributed by atoms with E-state index in [1.165, 1.54) is 11.1 Å². The first kappa shape index (κ1) is 30.8. The van der Waals surface area contributed by atoms with E-state index in [1.54, 1.807) is 0 Å². The zero-order valence-electron chi connectivity index (χ0n) is 26.9. The van der Waals surface area contributed by atoms with E-state index in [9.17, 15) is 0 Å². The Labute approximate surface area is 244 Å². The quantitative estimate of drug-likeness (QED) is 0.302. The average Bonchev–Trinajstić information content (AvgIpc) is 2.75. The number of pyridine rings is 1. The number of rotatable bonds is 11. The molecule has 2 fully saturated rings. The molecule has 1 aromatic carbocycles. The normalized spacial score (nSPS) is 23.8. The third-order valence-corrected chi connectivity index (χ3v) is 8.14.